The summed E-state index contributed by atoms with van der Waals surface area (Å²) in [4.78, 5) is 10.9. The highest BCUT2D eigenvalue weighted by Crippen LogP contribution is 2.30. The van der Waals surface area contributed by atoms with E-state index in [1.807, 2.05) is 0 Å². The van der Waals surface area contributed by atoms with E-state index in [4.69, 9.17) is 11.6 Å². The summed E-state index contributed by atoms with van der Waals surface area (Å²) in [6.07, 6.45) is 0.236. The van der Waals surface area contributed by atoms with Gasteiger partial charge in [0.15, 0.2) is 11.6 Å². The Hall–Kier alpha value is -1.32. The first-order valence-electron chi connectivity index (χ1n) is 5.84. The molecule has 0 saturated carbocycles. The molecule has 116 valence electrons. The number of carbonyl (C=O) groups is 1. The maximum atomic E-state index is 13.7. The molecule has 10 heteroatoms. The molecule has 1 aromatic carbocycles. The highest BCUT2D eigenvalue weighted by molar-refractivity contribution is 7.90. The lowest BCUT2D eigenvalue weighted by atomic mass is 10.2. The average Bonchev–Trinajstić information content (AvgIpc) is 2.32. The standard InChI is InChI=1S/C11H10ClF3N2O3S/c12-10(18)6-16-2-1-3-17(21(16,19)20)11-8(14)4-7(13)5-9(11)15/h4-5H,1-3,6H2. The summed E-state index contributed by atoms with van der Waals surface area (Å²) >= 11 is 5.15. The molecule has 0 radical (unpaired) electrons. The third-order valence-electron chi connectivity index (χ3n) is 2.91. The Kier molecular flexibility index (Phi) is 4.45. The van der Waals surface area contributed by atoms with E-state index in [9.17, 15) is 26.4 Å². The van der Waals surface area contributed by atoms with Crippen molar-refractivity contribution in [2.45, 2.75) is 6.42 Å². The molecule has 1 aromatic rings. The van der Waals surface area contributed by atoms with Crippen LogP contribution >= 0.6 is 11.6 Å². The SMILES string of the molecule is O=C(Cl)CN1CCCN(c2c(F)cc(F)cc2F)S1(=O)=O. The van der Waals surface area contributed by atoms with E-state index in [2.05, 4.69) is 0 Å². The summed E-state index contributed by atoms with van der Waals surface area (Å²) in [6.45, 7) is -0.790. The number of anilines is 1. The van der Waals surface area contributed by atoms with Gasteiger partial charge in [0.1, 0.15) is 11.5 Å². The van der Waals surface area contributed by atoms with Gasteiger partial charge in [-0.15, -0.1) is 0 Å². The van der Waals surface area contributed by atoms with Crippen LogP contribution in [0, 0.1) is 17.5 Å². The zero-order valence-corrected chi connectivity index (χ0v) is 12.1. The van der Waals surface area contributed by atoms with Gasteiger partial charge in [0.25, 0.3) is 0 Å². The van der Waals surface area contributed by atoms with Crippen molar-refractivity contribution in [3.63, 3.8) is 0 Å². The van der Waals surface area contributed by atoms with Gasteiger partial charge in [0, 0.05) is 25.2 Å². The fourth-order valence-corrected chi connectivity index (χ4v) is 3.96. The lowest BCUT2D eigenvalue weighted by Crippen LogP contribution is -2.51. The molecule has 1 heterocycles. The van der Waals surface area contributed by atoms with Crippen LogP contribution in [0.1, 0.15) is 6.42 Å². The van der Waals surface area contributed by atoms with Gasteiger partial charge in [-0.1, -0.05) is 0 Å². The minimum absolute atomic E-state index is 0.00171. The molecule has 1 aliphatic heterocycles. The van der Waals surface area contributed by atoms with Crippen LogP contribution in [0.4, 0.5) is 18.9 Å². The predicted octanol–water partition coefficient (Wildman–Crippen LogP) is 1.63. The van der Waals surface area contributed by atoms with Crippen molar-refractivity contribution >= 4 is 32.7 Å². The number of rotatable bonds is 3. The Morgan fingerprint density at radius 1 is 1.19 bits per heavy atom. The molecular formula is C11H10ClF3N2O3S. The first kappa shape index (κ1) is 16.1. The Labute approximate surface area is 124 Å². The second-order valence-electron chi connectivity index (χ2n) is 4.34. The maximum Gasteiger partial charge on any atom is 0.304 e. The number of carbonyl (C=O) groups excluding carboxylic acids is 1. The summed E-state index contributed by atoms with van der Waals surface area (Å²) in [7, 11) is -4.31. The fraction of sp³-hybridized carbons (Fsp3) is 0.364. The van der Waals surface area contributed by atoms with Crippen LogP contribution in [0.2, 0.25) is 0 Å². The van der Waals surface area contributed by atoms with Gasteiger partial charge >= 0.3 is 10.2 Å². The normalized spacial score (nSPS) is 18.8. The van der Waals surface area contributed by atoms with Crippen LogP contribution in [0.3, 0.4) is 0 Å². The smallest absolute Gasteiger partial charge is 0.280 e. The molecule has 0 bridgehead atoms. The Morgan fingerprint density at radius 3 is 2.29 bits per heavy atom. The van der Waals surface area contributed by atoms with Crippen molar-refractivity contribution in [1.29, 1.82) is 0 Å². The Balaban J connectivity index is 2.46. The zero-order chi connectivity index (χ0) is 15.8. The van der Waals surface area contributed by atoms with E-state index >= 15 is 0 Å². The second kappa shape index (κ2) is 5.82. The van der Waals surface area contributed by atoms with Crippen LogP contribution in [-0.4, -0.2) is 37.6 Å². The van der Waals surface area contributed by atoms with Crippen LogP contribution < -0.4 is 4.31 Å². The van der Waals surface area contributed by atoms with Gasteiger partial charge < -0.3 is 0 Å². The first-order valence-corrected chi connectivity index (χ1v) is 7.61. The molecule has 5 nitrogen and oxygen atoms in total. The van der Waals surface area contributed by atoms with E-state index in [-0.39, 0.29) is 19.5 Å². The molecule has 1 aliphatic rings. The minimum Gasteiger partial charge on any atom is -0.280 e. The maximum absolute atomic E-state index is 13.7. The number of hydrogen-bond acceptors (Lipinski definition) is 3. The number of benzene rings is 1. The molecule has 0 unspecified atom stereocenters. The predicted molar refractivity (Wildman–Crippen MR) is 69.6 cm³/mol. The van der Waals surface area contributed by atoms with Gasteiger partial charge in [0.2, 0.25) is 5.24 Å². The topological polar surface area (TPSA) is 57.7 Å². The van der Waals surface area contributed by atoms with Crippen LogP contribution in [0.5, 0.6) is 0 Å². The monoisotopic (exact) mass is 342 g/mol. The van der Waals surface area contributed by atoms with E-state index in [1.54, 1.807) is 0 Å². The van der Waals surface area contributed by atoms with E-state index in [1.165, 1.54) is 0 Å². The lowest BCUT2D eigenvalue weighted by molar-refractivity contribution is -0.111. The molecule has 1 saturated heterocycles. The molecule has 0 atom stereocenters. The van der Waals surface area contributed by atoms with E-state index in [0.717, 1.165) is 0 Å². The van der Waals surface area contributed by atoms with E-state index < -0.39 is 45.1 Å². The van der Waals surface area contributed by atoms with Crippen molar-refractivity contribution in [1.82, 2.24) is 4.31 Å². The van der Waals surface area contributed by atoms with Crippen LogP contribution in [0.25, 0.3) is 0 Å². The van der Waals surface area contributed by atoms with Gasteiger partial charge in [-0.05, 0) is 18.0 Å². The summed E-state index contributed by atoms with van der Waals surface area (Å²) in [5, 5.41) is -0.916. The molecule has 0 aliphatic carbocycles. The largest absolute Gasteiger partial charge is 0.304 e. The molecular weight excluding hydrogens is 333 g/mol. The van der Waals surface area contributed by atoms with Gasteiger partial charge in [-0.25, -0.2) is 13.2 Å². The molecule has 1 fully saturated rings. The molecule has 0 spiro atoms. The molecule has 0 N–H and O–H groups in total. The third kappa shape index (κ3) is 3.14. The van der Waals surface area contributed by atoms with Crippen molar-refractivity contribution in [2.75, 3.05) is 23.9 Å². The Bertz CT molecular complexity index is 660. The van der Waals surface area contributed by atoms with Crippen LogP contribution in [0.15, 0.2) is 12.1 Å². The van der Waals surface area contributed by atoms with E-state index in [0.29, 0.717) is 20.7 Å². The van der Waals surface area contributed by atoms with Gasteiger partial charge in [-0.2, -0.15) is 12.7 Å². The third-order valence-corrected chi connectivity index (χ3v) is 4.91. The summed E-state index contributed by atoms with van der Waals surface area (Å²) in [5.41, 5.74) is -0.872. The fourth-order valence-electron chi connectivity index (χ4n) is 2.06. The zero-order valence-electron chi connectivity index (χ0n) is 10.5. The van der Waals surface area contributed by atoms with Gasteiger partial charge in [0.05, 0.1) is 6.54 Å². The number of hydrogen-bond donors (Lipinski definition) is 0. The summed E-state index contributed by atoms with van der Waals surface area (Å²) < 4.78 is 66.1. The lowest BCUT2D eigenvalue weighted by Gasteiger charge is -2.35. The molecule has 2 rings (SSSR count). The average molecular weight is 343 g/mol. The first-order chi connectivity index (χ1) is 9.73. The minimum atomic E-state index is -4.31. The quantitative estimate of drug-likeness (QED) is 0.784. The van der Waals surface area contributed by atoms with Crippen molar-refractivity contribution in [3.8, 4) is 0 Å². The molecule has 0 aromatic heterocycles. The molecule has 21 heavy (non-hydrogen) atoms. The Morgan fingerprint density at radius 2 is 1.76 bits per heavy atom. The number of halogens is 4. The van der Waals surface area contributed by atoms with Crippen molar-refractivity contribution in [2.24, 2.45) is 0 Å². The highest BCUT2D eigenvalue weighted by atomic mass is 35.5. The molecule has 0 amide bonds. The number of nitrogens with zero attached hydrogens (tertiary/aromatic N) is 2. The summed E-state index contributed by atoms with van der Waals surface area (Å²) in [6, 6.07) is 0.777. The highest BCUT2D eigenvalue weighted by Gasteiger charge is 2.37. The van der Waals surface area contributed by atoms with Crippen molar-refractivity contribution < 1.29 is 26.4 Å². The van der Waals surface area contributed by atoms with Gasteiger partial charge in [-0.3, -0.25) is 9.10 Å². The second-order valence-corrected chi connectivity index (χ2v) is 6.61. The van der Waals surface area contributed by atoms with Crippen molar-refractivity contribution in [3.05, 3.63) is 29.6 Å². The summed E-state index contributed by atoms with van der Waals surface area (Å²) in [5.74, 6) is -3.83. The van der Waals surface area contributed by atoms with Crippen LogP contribution in [-0.2, 0) is 15.0 Å².